The van der Waals surface area contributed by atoms with Gasteiger partial charge in [0, 0.05) is 6.54 Å². The number of nitrogens with one attached hydrogen (secondary N) is 1. The van der Waals surface area contributed by atoms with Gasteiger partial charge in [0.1, 0.15) is 5.75 Å². The Kier molecular flexibility index (Phi) is 5.66. The van der Waals surface area contributed by atoms with Crippen molar-refractivity contribution in [1.29, 1.82) is 0 Å². The highest BCUT2D eigenvalue weighted by molar-refractivity contribution is 5.39. The Morgan fingerprint density at radius 2 is 1.95 bits per heavy atom. The van der Waals surface area contributed by atoms with Gasteiger partial charge < -0.3 is 10.1 Å². The SMILES string of the molecule is CCCNCc1ccc(OC(C)C)c(C(F)(F)F)c1. The molecule has 0 bridgehead atoms. The van der Waals surface area contributed by atoms with E-state index in [4.69, 9.17) is 4.74 Å². The van der Waals surface area contributed by atoms with Gasteiger partial charge in [-0.2, -0.15) is 13.2 Å². The van der Waals surface area contributed by atoms with Crippen LogP contribution in [0.3, 0.4) is 0 Å². The van der Waals surface area contributed by atoms with Gasteiger partial charge in [0.15, 0.2) is 0 Å². The van der Waals surface area contributed by atoms with Crippen LogP contribution in [0.5, 0.6) is 5.75 Å². The van der Waals surface area contributed by atoms with Crippen LogP contribution in [-0.4, -0.2) is 12.6 Å². The van der Waals surface area contributed by atoms with Crippen molar-refractivity contribution >= 4 is 0 Å². The maximum Gasteiger partial charge on any atom is 0.419 e. The number of ether oxygens (including phenoxy) is 1. The highest BCUT2D eigenvalue weighted by atomic mass is 19.4. The third kappa shape index (κ3) is 5.11. The van der Waals surface area contributed by atoms with Gasteiger partial charge in [-0.15, -0.1) is 0 Å². The minimum Gasteiger partial charge on any atom is -0.490 e. The second-order valence-corrected chi connectivity index (χ2v) is 4.67. The Labute approximate surface area is 112 Å². The van der Waals surface area contributed by atoms with Crippen LogP contribution in [0.25, 0.3) is 0 Å². The molecule has 0 saturated heterocycles. The Bertz CT molecular complexity index is 402. The van der Waals surface area contributed by atoms with Gasteiger partial charge >= 0.3 is 6.18 Å². The first-order chi connectivity index (χ1) is 8.84. The van der Waals surface area contributed by atoms with Gasteiger partial charge in [-0.25, -0.2) is 0 Å². The molecule has 1 aromatic carbocycles. The first kappa shape index (κ1) is 15.8. The maximum atomic E-state index is 13.0. The number of hydrogen-bond acceptors (Lipinski definition) is 2. The van der Waals surface area contributed by atoms with E-state index in [0.717, 1.165) is 19.0 Å². The van der Waals surface area contributed by atoms with Crippen LogP contribution in [0, 0.1) is 0 Å². The number of halogens is 3. The molecule has 0 amide bonds. The summed E-state index contributed by atoms with van der Waals surface area (Å²) < 4.78 is 44.1. The Morgan fingerprint density at radius 3 is 2.47 bits per heavy atom. The zero-order valence-electron chi connectivity index (χ0n) is 11.5. The molecule has 0 fully saturated rings. The lowest BCUT2D eigenvalue weighted by Gasteiger charge is -2.17. The smallest absolute Gasteiger partial charge is 0.419 e. The molecule has 0 aliphatic carbocycles. The van der Waals surface area contributed by atoms with Gasteiger partial charge in [0.25, 0.3) is 0 Å². The zero-order valence-corrected chi connectivity index (χ0v) is 11.5. The molecule has 0 unspecified atom stereocenters. The van der Waals surface area contributed by atoms with Crippen LogP contribution in [0.2, 0.25) is 0 Å². The van der Waals surface area contributed by atoms with Crippen molar-refractivity contribution in [3.8, 4) is 5.75 Å². The highest BCUT2D eigenvalue weighted by Crippen LogP contribution is 2.37. The Balaban J connectivity index is 2.95. The molecule has 0 spiro atoms. The van der Waals surface area contributed by atoms with E-state index in [1.54, 1.807) is 19.9 Å². The fraction of sp³-hybridized carbons (Fsp3) is 0.571. The fourth-order valence-corrected chi connectivity index (χ4v) is 1.67. The lowest BCUT2D eigenvalue weighted by molar-refractivity contribution is -0.139. The van der Waals surface area contributed by atoms with Gasteiger partial charge in [0.2, 0.25) is 0 Å². The van der Waals surface area contributed by atoms with Gasteiger partial charge in [-0.1, -0.05) is 13.0 Å². The van der Waals surface area contributed by atoms with Gasteiger partial charge in [-0.3, -0.25) is 0 Å². The van der Waals surface area contributed by atoms with Crippen molar-refractivity contribution in [2.24, 2.45) is 0 Å². The van der Waals surface area contributed by atoms with Crippen molar-refractivity contribution in [3.05, 3.63) is 29.3 Å². The summed E-state index contributed by atoms with van der Waals surface area (Å²) in [6.45, 7) is 6.63. The fourth-order valence-electron chi connectivity index (χ4n) is 1.67. The summed E-state index contributed by atoms with van der Waals surface area (Å²) in [5.74, 6) is -0.109. The summed E-state index contributed by atoms with van der Waals surface area (Å²) in [6, 6.07) is 4.21. The van der Waals surface area contributed by atoms with Crippen LogP contribution in [-0.2, 0) is 12.7 Å². The molecule has 108 valence electrons. The second kappa shape index (κ2) is 6.80. The van der Waals surface area contributed by atoms with E-state index in [1.807, 2.05) is 6.92 Å². The molecule has 0 aliphatic rings. The lowest BCUT2D eigenvalue weighted by atomic mass is 10.1. The molecule has 1 aromatic rings. The maximum absolute atomic E-state index is 13.0. The molecular weight excluding hydrogens is 255 g/mol. The molecule has 0 atom stereocenters. The van der Waals surface area contributed by atoms with Gasteiger partial charge in [0.05, 0.1) is 11.7 Å². The zero-order chi connectivity index (χ0) is 14.5. The summed E-state index contributed by atoms with van der Waals surface area (Å²) in [4.78, 5) is 0. The Morgan fingerprint density at radius 1 is 1.26 bits per heavy atom. The number of alkyl halides is 3. The van der Waals surface area contributed by atoms with Crippen LogP contribution < -0.4 is 10.1 Å². The molecule has 0 aromatic heterocycles. The summed E-state index contributed by atoms with van der Waals surface area (Å²) in [5.41, 5.74) is -0.103. The van der Waals surface area contributed by atoms with Crippen LogP contribution in [0.15, 0.2) is 18.2 Å². The topological polar surface area (TPSA) is 21.3 Å². The number of benzene rings is 1. The second-order valence-electron chi connectivity index (χ2n) is 4.67. The molecule has 5 heteroatoms. The molecule has 0 aliphatic heterocycles. The predicted molar refractivity (Wildman–Crippen MR) is 69.2 cm³/mol. The molecule has 1 rings (SSSR count). The summed E-state index contributed by atoms with van der Waals surface area (Å²) in [5, 5.41) is 3.08. The van der Waals surface area contributed by atoms with Crippen molar-refractivity contribution in [3.63, 3.8) is 0 Å². The van der Waals surface area contributed by atoms with E-state index in [0.29, 0.717) is 12.1 Å². The van der Waals surface area contributed by atoms with Crippen LogP contribution in [0.4, 0.5) is 13.2 Å². The molecule has 1 N–H and O–H groups in total. The standard InChI is InChI=1S/C14H20F3NO/c1-4-7-18-9-11-5-6-13(19-10(2)3)12(8-11)14(15,16)17/h5-6,8,10,18H,4,7,9H2,1-3H3. The van der Waals surface area contributed by atoms with E-state index in [2.05, 4.69) is 5.32 Å². The largest absolute Gasteiger partial charge is 0.490 e. The van der Waals surface area contributed by atoms with E-state index in [-0.39, 0.29) is 11.9 Å². The van der Waals surface area contributed by atoms with E-state index in [9.17, 15) is 13.2 Å². The monoisotopic (exact) mass is 275 g/mol. The van der Waals surface area contributed by atoms with Crippen LogP contribution >= 0.6 is 0 Å². The van der Waals surface area contributed by atoms with E-state index >= 15 is 0 Å². The quantitative estimate of drug-likeness (QED) is 0.792. The minimum atomic E-state index is -4.40. The molecule has 0 heterocycles. The number of rotatable bonds is 6. The number of hydrogen-bond donors (Lipinski definition) is 1. The van der Waals surface area contributed by atoms with Crippen molar-refractivity contribution in [1.82, 2.24) is 5.32 Å². The minimum absolute atomic E-state index is 0.109. The third-order valence-electron chi connectivity index (χ3n) is 2.47. The molecular formula is C14H20F3NO. The Hall–Kier alpha value is -1.23. The normalized spacial score (nSPS) is 11.9. The van der Waals surface area contributed by atoms with Crippen molar-refractivity contribution in [2.75, 3.05) is 6.54 Å². The van der Waals surface area contributed by atoms with E-state index in [1.165, 1.54) is 6.07 Å². The lowest BCUT2D eigenvalue weighted by Crippen LogP contribution is -2.16. The molecule has 0 saturated carbocycles. The first-order valence-electron chi connectivity index (χ1n) is 6.42. The third-order valence-corrected chi connectivity index (χ3v) is 2.47. The average molecular weight is 275 g/mol. The van der Waals surface area contributed by atoms with Crippen molar-refractivity contribution < 1.29 is 17.9 Å². The van der Waals surface area contributed by atoms with Gasteiger partial charge in [-0.05, 0) is 44.5 Å². The van der Waals surface area contributed by atoms with Crippen molar-refractivity contribution in [2.45, 2.75) is 46.0 Å². The average Bonchev–Trinajstić information content (AvgIpc) is 2.29. The van der Waals surface area contributed by atoms with Crippen LogP contribution in [0.1, 0.15) is 38.3 Å². The predicted octanol–water partition coefficient (Wildman–Crippen LogP) is 3.99. The first-order valence-corrected chi connectivity index (χ1v) is 6.42. The summed E-state index contributed by atoms with van der Waals surface area (Å²) >= 11 is 0. The summed E-state index contributed by atoms with van der Waals surface area (Å²) in [6.07, 6.45) is -3.74. The summed E-state index contributed by atoms with van der Waals surface area (Å²) in [7, 11) is 0. The molecule has 19 heavy (non-hydrogen) atoms. The molecule has 0 radical (unpaired) electrons. The highest BCUT2D eigenvalue weighted by Gasteiger charge is 2.34. The van der Waals surface area contributed by atoms with E-state index < -0.39 is 11.7 Å². The molecule has 2 nitrogen and oxygen atoms in total.